The van der Waals surface area contributed by atoms with Gasteiger partial charge in [0.05, 0.1) is 12.8 Å². The molecule has 2 heterocycles. The van der Waals surface area contributed by atoms with Gasteiger partial charge in [0.2, 0.25) is 5.88 Å². The molecular weight excluding hydrogens is 228 g/mol. The molecule has 2 N–H and O–H groups in total. The Hall–Kier alpha value is -2.01. The summed E-state index contributed by atoms with van der Waals surface area (Å²) in [7, 11) is 0. The fourth-order valence-corrected chi connectivity index (χ4v) is 1.62. The number of nitrogens with zero attached hydrogens (tertiary/aromatic N) is 3. The molecular formula is C13H16N4O. The zero-order chi connectivity index (χ0) is 12.6. The number of pyridine rings is 1. The molecule has 5 nitrogen and oxygen atoms in total. The zero-order valence-electron chi connectivity index (χ0n) is 10.1. The molecule has 0 unspecified atom stereocenters. The number of nitrogens with two attached hydrogens (primary N) is 1. The maximum atomic E-state index is 5.59. The minimum atomic E-state index is 0.412. The molecule has 0 saturated heterocycles. The van der Waals surface area contributed by atoms with Crippen molar-refractivity contribution in [1.82, 2.24) is 15.2 Å². The maximum absolute atomic E-state index is 5.59. The van der Waals surface area contributed by atoms with E-state index in [2.05, 4.69) is 15.2 Å². The summed E-state index contributed by atoms with van der Waals surface area (Å²) < 4.78 is 5.58. The molecule has 0 fully saturated rings. The molecule has 0 spiro atoms. The van der Waals surface area contributed by atoms with Crippen LogP contribution in [0.3, 0.4) is 0 Å². The molecule has 0 aliphatic rings. The second kappa shape index (κ2) is 6.66. The van der Waals surface area contributed by atoms with Gasteiger partial charge in [-0.1, -0.05) is 0 Å². The van der Waals surface area contributed by atoms with Crippen molar-refractivity contribution in [3.05, 3.63) is 47.9 Å². The standard InChI is InChI=1S/C13H16N4O/c14-10-12-5-8-16-17-13(12)18-9-1-2-11-3-6-15-7-4-11/h3-8H,1-2,9-10,14H2. The van der Waals surface area contributed by atoms with Crippen LogP contribution in [0.5, 0.6) is 5.88 Å². The third kappa shape index (κ3) is 3.49. The first-order chi connectivity index (χ1) is 8.90. The van der Waals surface area contributed by atoms with E-state index in [0.29, 0.717) is 19.0 Å². The molecule has 94 valence electrons. The van der Waals surface area contributed by atoms with E-state index in [1.165, 1.54) is 5.56 Å². The number of rotatable bonds is 6. The highest BCUT2D eigenvalue weighted by atomic mass is 16.5. The van der Waals surface area contributed by atoms with Crippen LogP contribution in [0.25, 0.3) is 0 Å². The van der Waals surface area contributed by atoms with Crippen LogP contribution in [0.4, 0.5) is 0 Å². The normalized spacial score (nSPS) is 10.3. The fraction of sp³-hybridized carbons (Fsp3) is 0.308. The van der Waals surface area contributed by atoms with Crippen LogP contribution in [-0.4, -0.2) is 21.8 Å². The monoisotopic (exact) mass is 244 g/mol. The summed E-state index contributed by atoms with van der Waals surface area (Å²) in [5.41, 5.74) is 7.73. The first kappa shape index (κ1) is 12.4. The van der Waals surface area contributed by atoms with Crippen molar-refractivity contribution >= 4 is 0 Å². The molecule has 0 amide bonds. The van der Waals surface area contributed by atoms with E-state index in [1.54, 1.807) is 18.6 Å². The van der Waals surface area contributed by atoms with Crippen molar-refractivity contribution in [3.8, 4) is 5.88 Å². The highest BCUT2D eigenvalue weighted by Gasteiger charge is 2.03. The molecule has 0 radical (unpaired) electrons. The van der Waals surface area contributed by atoms with Crippen LogP contribution >= 0.6 is 0 Å². The van der Waals surface area contributed by atoms with Gasteiger partial charge in [-0.25, -0.2) is 0 Å². The van der Waals surface area contributed by atoms with Crippen molar-refractivity contribution in [2.24, 2.45) is 5.73 Å². The van der Waals surface area contributed by atoms with Gasteiger partial charge in [-0.15, -0.1) is 5.10 Å². The lowest BCUT2D eigenvalue weighted by Crippen LogP contribution is -2.07. The van der Waals surface area contributed by atoms with Gasteiger partial charge in [-0.2, -0.15) is 5.10 Å². The summed E-state index contributed by atoms with van der Waals surface area (Å²) in [5.74, 6) is 0.537. The van der Waals surface area contributed by atoms with Crippen molar-refractivity contribution in [2.75, 3.05) is 6.61 Å². The van der Waals surface area contributed by atoms with Gasteiger partial charge < -0.3 is 10.5 Å². The molecule has 2 aromatic rings. The SMILES string of the molecule is NCc1ccnnc1OCCCc1ccncc1. The van der Waals surface area contributed by atoms with E-state index >= 15 is 0 Å². The van der Waals surface area contributed by atoms with E-state index in [9.17, 15) is 0 Å². The number of hydrogen-bond acceptors (Lipinski definition) is 5. The van der Waals surface area contributed by atoms with E-state index in [0.717, 1.165) is 18.4 Å². The van der Waals surface area contributed by atoms with E-state index in [-0.39, 0.29) is 0 Å². The van der Waals surface area contributed by atoms with Crippen LogP contribution in [0.1, 0.15) is 17.5 Å². The number of aryl methyl sites for hydroxylation is 1. The second-order valence-electron chi connectivity index (χ2n) is 3.87. The molecule has 0 bridgehead atoms. The van der Waals surface area contributed by atoms with Crippen molar-refractivity contribution in [2.45, 2.75) is 19.4 Å². The average molecular weight is 244 g/mol. The van der Waals surface area contributed by atoms with Gasteiger partial charge in [-0.05, 0) is 36.6 Å². The summed E-state index contributed by atoms with van der Waals surface area (Å²) in [6.07, 6.45) is 7.09. The molecule has 2 rings (SSSR count). The number of hydrogen-bond donors (Lipinski definition) is 1. The molecule has 18 heavy (non-hydrogen) atoms. The highest BCUT2D eigenvalue weighted by molar-refractivity contribution is 5.22. The Kier molecular flexibility index (Phi) is 4.60. The quantitative estimate of drug-likeness (QED) is 0.776. The minimum Gasteiger partial charge on any atom is -0.476 e. The molecule has 5 heteroatoms. The Morgan fingerprint density at radius 1 is 1.11 bits per heavy atom. The van der Waals surface area contributed by atoms with Gasteiger partial charge in [0.25, 0.3) is 0 Å². The molecule has 0 saturated carbocycles. The van der Waals surface area contributed by atoms with Gasteiger partial charge in [0, 0.05) is 24.5 Å². The summed E-state index contributed by atoms with van der Waals surface area (Å²) in [4.78, 5) is 3.98. The largest absolute Gasteiger partial charge is 0.476 e. The lowest BCUT2D eigenvalue weighted by molar-refractivity contribution is 0.292. The number of aromatic nitrogens is 3. The summed E-state index contributed by atoms with van der Waals surface area (Å²) in [5, 5.41) is 7.72. The maximum Gasteiger partial charge on any atom is 0.237 e. The summed E-state index contributed by atoms with van der Waals surface area (Å²) in [6, 6.07) is 5.84. The zero-order valence-corrected chi connectivity index (χ0v) is 10.1. The van der Waals surface area contributed by atoms with Gasteiger partial charge >= 0.3 is 0 Å². The predicted molar refractivity (Wildman–Crippen MR) is 68.0 cm³/mol. The second-order valence-corrected chi connectivity index (χ2v) is 3.87. The lowest BCUT2D eigenvalue weighted by Gasteiger charge is -2.07. The Morgan fingerprint density at radius 2 is 1.94 bits per heavy atom. The molecule has 0 aliphatic carbocycles. The Bertz CT molecular complexity index is 475. The lowest BCUT2D eigenvalue weighted by atomic mass is 10.1. The van der Waals surface area contributed by atoms with E-state index in [1.807, 2.05) is 18.2 Å². The summed E-state index contributed by atoms with van der Waals surface area (Å²) in [6.45, 7) is 1.02. The van der Waals surface area contributed by atoms with Gasteiger partial charge in [0.15, 0.2) is 0 Å². The van der Waals surface area contributed by atoms with E-state index in [4.69, 9.17) is 10.5 Å². The Balaban J connectivity index is 1.78. The van der Waals surface area contributed by atoms with Crippen molar-refractivity contribution in [3.63, 3.8) is 0 Å². The van der Waals surface area contributed by atoms with Crippen LogP contribution < -0.4 is 10.5 Å². The van der Waals surface area contributed by atoms with Crippen LogP contribution in [0.15, 0.2) is 36.8 Å². The van der Waals surface area contributed by atoms with Gasteiger partial charge in [0.1, 0.15) is 0 Å². The summed E-state index contributed by atoms with van der Waals surface area (Å²) >= 11 is 0. The van der Waals surface area contributed by atoms with Crippen LogP contribution in [0, 0.1) is 0 Å². The Morgan fingerprint density at radius 3 is 2.72 bits per heavy atom. The Labute approximate surface area is 106 Å². The molecule has 2 aromatic heterocycles. The first-order valence-electron chi connectivity index (χ1n) is 5.92. The third-order valence-corrected chi connectivity index (χ3v) is 2.58. The molecule has 0 aliphatic heterocycles. The van der Waals surface area contributed by atoms with Crippen LogP contribution in [0.2, 0.25) is 0 Å². The third-order valence-electron chi connectivity index (χ3n) is 2.58. The average Bonchev–Trinajstić information content (AvgIpc) is 2.45. The highest BCUT2D eigenvalue weighted by Crippen LogP contribution is 2.12. The topological polar surface area (TPSA) is 73.9 Å². The minimum absolute atomic E-state index is 0.412. The van der Waals surface area contributed by atoms with Gasteiger partial charge in [-0.3, -0.25) is 4.98 Å². The number of ether oxygens (including phenoxy) is 1. The van der Waals surface area contributed by atoms with Crippen LogP contribution in [-0.2, 0) is 13.0 Å². The molecule has 0 atom stereocenters. The van der Waals surface area contributed by atoms with Crippen molar-refractivity contribution in [1.29, 1.82) is 0 Å². The predicted octanol–water partition coefficient (Wildman–Crippen LogP) is 1.34. The smallest absolute Gasteiger partial charge is 0.237 e. The van der Waals surface area contributed by atoms with Crippen molar-refractivity contribution < 1.29 is 4.74 Å². The van der Waals surface area contributed by atoms with E-state index < -0.39 is 0 Å². The fourth-order valence-electron chi connectivity index (χ4n) is 1.62. The first-order valence-corrected chi connectivity index (χ1v) is 5.92. The molecule has 0 aromatic carbocycles.